The molecule has 0 saturated heterocycles. The molecule has 0 heterocycles. The zero-order chi connectivity index (χ0) is 16.1. The van der Waals surface area contributed by atoms with Gasteiger partial charge in [-0.2, -0.15) is 0 Å². The second-order valence-corrected chi connectivity index (χ2v) is 5.33. The van der Waals surface area contributed by atoms with Crippen LogP contribution in [0, 0.1) is 6.92 Å². The number of hydrogen-bond donors (Lipinski definition) is 1. The molecule has 0 bridgehead atoms. The normalized spacial score (nSPS) is 9.88. The molecule has 0 amide bonds. The number of benzene rings is 3. The molecule has 3 nitrogen and oxygen atoms in total. The van der Waals surface area contributed by atoms with Crippen LogP contribution in [0.3, 0.4) is 0 Å². The Labute approximate surface area is 148 Å². The van der Waals surface area contributed by atoms with E-state index in [1.54, 1.807) is 0 Å². The van der Waals surface area contributed by atoms with E-state index in [9.17, 15) is 0 Å². The molecule has 0 fully saturated rings. The van der Waals surface area contributed by atoms with Crippen molar-refractivity contribution in [2.24, 2.45) is 0 Å². The third-order valence-corrected chi connectivity index (χ3v) is 3.63. The molecule has 0 aromatic heterocycles. The summed E-state index contributed by atoms with van der Waals surface area (Å²) in [7, 11) is 0. The highest BCUT2D eigenvalue weighted by atomic mass is 35.5. The molecular weight excluding hydrogens is 322 g/mol. The van der Waals surface area contributed by atoms with Gasteiger partial charge in [-0.3, -0.25) is 0 Å². The molecule has 24 heavy (non-hydrogen) atoms. The van der Waals surface area contributed by atoms with E-state index in [4.69, 9.17) is 15.2 Å². The summed E-state index contributed by atoms with van der Waals surface area (Å²) < 4.78 is 11.6. The summed E-state index contributed by atoms with van der Waals surface area (Å²) in [5.41, 5.74) is 8.91. The molecule has 0 radical (unpaired) electrons. The maximum atomic E-state index is 5.87. The summed E-state index contributed by atoms with van der Waals surface area (Å²) in [4.78, 5) is 0. The topological polar surface area (TPSA) is 44.5 Å². The zero-order valence-electron chi connectivity index (χ0n) is 13.4. The van der Waals surface area contributed by atoms with Crippen LogP contribution in [0.2, 0.25) is 0 Å². The molecule has 0 atom stereocenters. The predicted octanol–water partition coefficient (Wildman–Crippen LogP) is 5.37. The van der Waals surface area contributed by atoms with Crippen LogP contribution in [-0.4, -0.2) is 0 Å². The summed E-state index contributed by atoms with van der Waals surface area (Å²) in [5, 5.41) is 0. The van der Waals surface area contributed by atoms with Crippen molar-refractivity contribution in [1.82, 2.24) is 0 Å². The minimum absolute atomic E-state index is 0. The first-order valence-electron chi connectivity index (χ1n) is 7.52. The Kier molecular flexibility index (Phi) is 6.10. The average Bonchev–Trinajstić information content (AvgIpc) is 2.57. The highest BCUT2D eigenvalue weighted by Gasteiger charge is 2.03. The minimum Gasteiger partial charge on any atom is -0.489 e. The van der Waals surface area contributed by atoms with Crippen LogP contribution in [0.25, 0.3) is 0 Å². The van der Waals surface area contributed by atoms with Gasteiger partial charge in [0, 0.05) is 0 Å². The Morgan fingerprint density at radius 1 is 0.792 bits per heavy atom. The van der Waals surface area contributed by atoms with Crippen LogP contribution in [-0.2, 0) is 6.61 Å². The largest absolute Gasteiger partial charge is 0.489 e. The van der Waals surface area contributed by atoms with Gasteiger partial charge in [0.05, 0.1) is 5.69 Å². The molecular formula is C20H20ClNO2. The predicted molar refractivity (Wildman–Crippen MR) is 100 cm³/mol. The van der Waals surface area contributed by atoms with Crippen LogP contribution < -0.4 is 15.2 Å². The van der Waals surface area contributed by atoms with Gasteiger partial charge in [0.1, 0.15) is 23.9 Å². The fourth-order valence-electron chi connectivity index (χ4n) is 2.24. The van der Waals surface area contributed by atoms with Gasteiger partial charge in [0.15, 0.2) is 0 Å². The van der Waals surface area contributed by atoms with Crippen LogP contribution in [0.15, 0.2) is 72.8 Å². The third-order valence-electron chi connectivity index (χ3n) is 3.63. The van der Waals surface area contributed by atoms with Crippen LogP contribution >= 0.6 is 12.4 Å². The van der Waals surface area contributed by atoms with Crippen molar-refractivity contribution in [2.75, 3.05) is 5.73 Å². The number of hydrogen-bond acceptors (Lipinski definition) is 3. The smallest absolute Gasteiger partial charge is 0.150 e. The highest BCUT2D eigenvalue weighted by Crippen LogP contribution is 2.28. The van der Waals surface area contributed by atoms with Crippen molar-refractivity contribution in [1.29, 1.82) is 0 Å². The Morgan fingerprint density at radius 3 is 2.12 bits per heavy atom. The van der Waals surface area contributed by atoms with E-state index in [2.05, 4.69) is 19.1 Å². The lowest BCUT2D eigenvalue weighted by Crippen LogP contribution is -1.97. The summed E-state index contributed by atoms with van der Waals surface area (Å²) in [5.74, 6) is 2.19. The SMILES string of the molecule is Cc1ccccc1COc1ccc(Oc2ccccc2N)cc1.Cl. The lowest BCUT2D eigenvalue weighted by Gasteiger charge is -2.10. The van der Waals surface area contributed by atoms with Gasteiger partial charge in [-0.25, -0.2) is 0 Å². The first-order chi connectivity index (χ1) is 11.2. The quantitative estimate of drug-likeness (QED) is 0.634. The second kappa shape index (κ2) is 8.27. The minimum atomic E-state index is 0. The standard InChI is InChI=1S/C20H19NO2.ClH/c1-15-6-2-3-7-16(15)14-22-17-10-12-18(13-11-17)23-20-9-5-4-8-19(20)21;/h2-13H,14,21H2,1H3;1H. The molecule has 3 aromatic rings. The number of para-hydroxylation sites is 2. The molecule has 0 unspecified atom stereocenters. The first-order valence-corrected chi connectivity index (χ1v) is 7.52. The fourth-order valence-corrected chi connectivity index (χ4v) is 2.24. The van der Waals surface area contributed by atoms with E-state index >= 15 is 0 Å². The van der Waals surface area contributed by atoms with Gasteiger partial charge >= 0.3 is 0 Å². The Hall–Kier alpha value is -2.65. The second-order valence-electron chi connectivity index (χ2n) is 5.33. The van der Waals surface area contributed by atoms with E-state index in [-0.39, 0.29) is 12.4 Å². The maximum Gasteiger partial charge on any atom is 0.150 e. The molecule has 124 valence electrons. The Balaban J connectivity index is 0.00000208. The Bertz CT molecular complexity index is 788. The lowest BCUT2D eigenvalue weighted by atomic mass is 10.1. The monoisotopic (exact) mass is 341 g/mol. The van der Waals surface area contributed by atoms with Crippen LogP contribution in [0.4, 0.5) is 5.69 Å². The van der Waals surface area contributed by atoms with Crippen LogP contribution in [0.1, 0.15) is 11.1 Å². The van der Waals surface area contributed by atoms with Crippen molar-refractivity contribution < 1.29 is 9.47 Å². The van der Waals surface area contributed by atoms with Crippen molar-refractivity contribution in [2.45, 2.75) is 13.5 Å². The number of ether oxygens (including phenoxy) is 2. The molecule has 0 saturated carbocycles. The number of rotatable bonds is 5. The van der Waals surface area contributed by atoms with Crippen molar-refractivity contribution >= 4 is 18.1 Å². The Morgan fingerprint density at radius 2 is 1.42 bits per heavy atom. The van der Waals surface area contributed by atoms with Gasteiger partial charge < -0.3 is 15.2 Å². The summed E-state index contributed by atoms with van der Waals surface area (Å²) in [6, 6.07) is 23.2. The number of anilines is 1. The molecule has 3 aromatic carbocycles. The van der Waals surface area contributed by atoms with Crippen molar-refractivity contribution in [3.63, 3.8) is 0 Å². The van der Waals surface area contributed by atoms with E-state index in [1.807, 2.05) is 60.7 Å². The summed E-state index contributed by atoms with van der Waals surface area (Å²) in [6.07, 6.45) is 0. The molecule has 0 spiro atoms. The van der Waals surface area contributed by atoms with Gasteiger partial charge in [0.2, 0.25) is 0 Å². The lowest BCUT2D eigenvalue weighted by molar-refractivity contribution is 0.305. The van der Waals surface area contributed by atoms with Gasteiger partial charge in [-0.15, -0.1) is 12.4 Å². The zero-order valence-corrected chi connectivity index (χ0v) is 14.3. The van der Waals surface area contributed by atoms with E-state index in [0.29, 0.717) is 18.0 Å². The number of nitrogens with two attached hydrogens (primary N) is 1. The third kappa shape index (κ3) is 4.43. The van der Waals surface area contributed by atoms with Gasteiger partial charge in [-0.05, 0) is 54.4 Å². The number of halogens is 1. The highest BCUT2D eigenvalue weighted by molar-refractivity contribution is 5.85. The van der Waals surface area contributed by atoms with Crippen LogP contribution in [0.5, 0.6) is 17.2 Å². The van der Waals surface area contributed by atoms with Crippen molar-refractivity contribution in [3.8, 4) is 17.2 Å². The first kappa shape index (κ1) is 17.7. The van der Waals surface area contributed by atoms with Gasteiger partial charge in [-0.1, -0.05) is 36.4 Å². The summed E-state index contributed by atoms with van der Waals surface area (Å²) in [6.45, 7) is 2.64. The van der Waals surface area contributed by atoms with E-state index in [1.165, 1.54) is 11.1 Å². The molecule has 0 aliphatic heterocycles. The molecule has 2 N–H and O–H groups in total. The molecule has 0 aliphatic carbocycles. The summed E-state index contributed by atoms with van der Waals surface area (Å²) >= 11 is 0. The average molecular weight is 342 g/mol. The molecule has 4 heteroatoms. The number of aryl methyl sites for hydroxylation is 1. The maximum absolute atomic E-state index is 5.87. The van der Waals surface area contributed by atoms with Crippen molar-refractivity contribution in [3.05, 3.63) is 83.9 Å². The molecule has 0 aliphatic rings. The van der Waals surface area contributed by atoms with E-state index in [0.717, 1.165) is 11.5 Å². The van der Waals surface area contributed by atoms with E-state index < -0.39 is 0 Å². The number of nitrogen functional groups attached to an aromatic ring is 1. The molecule has 3 rings (SSSR count). The fraction of sp³-hybridized carbons (Fsp3) is 0.100. The van der Waals surface area contributed by atoms with Gasteiger partial charge in [0.25, 0.3) is 0 Å².